The Labute approximate surface area is 151 Å². The number of carbonyl (C=O) groups excluding carboxylic acids is 2. The highest BCUT2D eigenvalue weighted by Gasteiger charge is 2.12. The average Bonchev–Trinajstić information content (AvgIpc) is 2.89. The summed E-state index contributed by atoms with van der Waals surface area (Å²) >= 11 is 1.42. The molecular weight excluding hydrogens is 340 g/mol. The Balaban J connectivity index is 2.46. The number of hydrogen-bond donors (Lipinski definition) is 0. The van der Waals surface area contributed by atoms with Crippen molar-refractivity contribution in [2.45, 2.75) is 40.7 Å². The zero-order chi connectivity index (χ0) is 18.4. The zero-order valence-corrected chi connectivity index (χ0v) is 15.9. The molecule has 0 fully saturated rings. The number of carbonyl (C=O) groups is 2. The van der Waals surface area contributed by atoms with Crippen LogP contribution in [0, 0.1) is 5.92 Å². The number of hydrogen-bond acceptors (Lipinski definition) is 5. The quantitative estimate of drug-likeness (QED) is 0.708. The van der Waals surface area contributed by atoms with Gasteiger partial charge in [-0.05, 0) is 32.0 Å². The third-order valence-electron chi connectivity index (χ3n) is 3.51. The second-order valence-corrected chi connectivity index (χ2v) is 6.77. The Morgan fingerprint density at radius 1 is 1.24 bits per heavy atom. The Morgan fingerprint density at radius 2 is 2.00 bits per heavy atom. The molecule has 7 heteroatoms. The fourth-order valence-corrected chi connectivity index (χ4v) is 3.36. The van der Waals surface area contributed by atoms with Crippen LogP contribution in [0.5, 0.6) is 5.75 Å². The predicted molar refractivity (Wildman–Crippen MR) is 97.6 cm³/mol. The largest absolute Gasteiger partial charge is 0.494 e. The second-order valence-electron chi connectivity index (χ2n) is 5.76. The summed E-state index contributed by atoms with van der Waals surface area (Å²) in [5, 5.41) is 0. The lowest BCUT2D eigenvalue weighted by atomic mass is 10.2. The molecule has 0 aliphatic rings. The molecule has 0 saturated heterocycles. The molecule has 2 aromatic rings. The van der Waals surface area contributed by atoms with E-state index in [2.05, 4.69) is 4.99 Å². The van der Waals surface area contributed by atoms with E-state index in [0.717, 1.165) is 16.0 Å². The highest BCUT2D eigenvalue weighted by molar-refractivity contribution is 7.16. The number of rotatable bonds is 7. The molecule has 25 heavy (non-hydrogen) atoms. The van der Waals surface area contributed by atoms with Gasteiger partial charge in [-0.15, -0.1) is 0 Å². The van der Waals surface area contributed by atoms with Crippen LogP contribution in [0.1, 0.15) is 34.1 Å². The van der Waals surface area contributed by atoms with Crippen molar-refractivity contribution >= 4 is 33.4 Å². The molecule has 1 aromatic carbocycles. The Morgan fingerprint density at radius 3 is 2.64 bits per heavy atom. The van der Waals surface area contributed by atoms with Gasteiger partial charge in [-0.25, -0.2) is 0 Å². The normalized spacial score (nSPS) is 12.0. The summed E-state index contributed by atoms with van der Waals surface area (Å²) < 4.78 is 13.4. The lowest BCUT2D eigenvalue weighted by molar-refractivity contribution is -0.143. The SMILES string of the molecule is CCOC(=O)CCn1c(=NC(=O)C(C)C)sc2cc(OCC)ccc21. The molecule has 136 valence electrons. The van der Waals surface area contributed by atoms with E-state index in [4.69, 9.17) is 9.47 Å². The van der Waals surface area contributed by atoms with Crippen molar-refractivity contribution in [2.24, 2.45) is 10.9 Å². The van der Waals surface area contributed by atoms with Crippen LogP contribution in [0.25, 0.3) is 10.2 Å². The standard InChI is InChI=1S/C18H24N2O4S/c1-5-23-13-7-8-14-15(11-13)25-18(19-17(22)12(3)4)20(14)10-9-16(21)24-6-2/h7-8,11-12H,5-6,9-10H2,1-4H3. The van der Waals surface area contributed by atoms with Gasteiger partial charge in [0, 0.05) is 12.5 Å². The number of amides is 1. The second kappa shape index (κ2) is 8.80. The molecule has 0 spiro atoms. The summed E-state index contributed by atoms with van der Waals surface area (Å²) in [6.07, 6.45) is 0.232. The first-order valence-electron chi connectivity index (χ1n) is 8.46. The molecule has 0 unspecified atom stereocenters. The maximum atomic E-state index is 12.1. The van der Waals surface area contributed by atoms with E-state index in [1.165, 1.54) is 11.3 Å². The van der Waals surface area contributed by atoms with E-state index in [1.54, 1.807) is 6.92 Å². The monoisotopic (exact) mass is 364 g/mol. The van der Waals surface area contributed by atoms with Crippen molar-refractivity contribution < 1.29 is 19.1 Å². The highest BCUT2D eigenvalue weighted by Crippen LogP contribution is 2.23. The molecule has 2 rings (SSSR count). The Hall–Kier alpha value is -2.15. The number of aromatic nitrogens is 1. The Kier molecular flexibility index (Phi) is 6.75. The number of benzene rings is 1. The molecule has 1 amide bonds. The minimum atomic E-state index is -0.263. The van der Waals surface area contributed by atoms with Gasteiger partial charge in [0.1, 0.15) is 5.75 Å². The van der Waals surface area contributed by atoms with Crippen LogP contribution in [0.4, 0.5) is 0 Å². The van der Waals surface area contributed by atoms with Crippen molar-refractivity contribution in [3.05, 3.63) is 23.0 Å². The van der Waals surface area contributed by atoms with E-state index in [-0.39, 0.29) is 24.2 Å². The number of aryl methyl sites for hydroxylation is 1. The van der Waals surface area contributed by atoms with Gasteiger partial charge in [-0.3, -0.25) is 9.59 Å². The molecular formula is C18H24N2O4S. The fourth-order valence-electron chi connectivity index (χ4n) is 2.27. The molecule has 1 heterocycles. The summed E-state index contributed by atoms with van der Waals surface area (Å²) in [7, 11) is 0. The minimum Gasteiger partial charge on any atom is -0.494 e. The lowest BCUT2D eigenvalue weighted by Gasteiger charge is -2.06. The first-order valence-corrected chi connectivity index (χ1v) is 9.28. The Bertz CT molecular complexity index is 820. The lowest BCUT2D eigenvalue weighted by Crippen LogP contribution is -2.20. The van der Waals surface area contributed by atoms with E-state index in [9.17, 15) is 9.59 Å². The summed E-state index contributed by atoms with van der Waals surface area (Å²) in [5.41, 5.74) is 0.924. The van der Waals surface area contributed by atoms with Crippen molar-refractivity contribution in [3.63, 3.8) is 0 Å². The van der Waals surface area contributed by atoms with E-state index in [1.807, 2.05) is 43.5 Å². The third kappa shape index (κ3) is 4.92. The van der Waals surface area contributed by atoms with Crippen LogP contribution in [0.3, 0.4) is 0 Å². The molecule has 0 saturated carbocycles. The number of ether oxygens (including phenoxy) is 2. The van der Waals surface area contributed by atoms with E-state index < -0.39 is 0 Å². The smallest absolute Gasteiger partial charge is 0.307 e. The summed E-state index contributed by atoms with van der Waals surface area (Å²) in [4.78, 5) is 28.6. The van der Waals surface area contributed by atoms with Crippen molar-refractivity contribution in [3.8, 4) is 5.75 Å². The number of esters is 1. The first-order chi connectivity index (χ1) is 12.0. The van der Waals surface area contributed by atoms with Gasteiger partial charge < -0.3 is 14.0 Å². The third-order valence-corrected chi connectivity index (χ3v) is 4.55. The van der Waals surface area contributed by atoms with Crippen LogP contribution in [-0.2, 0) is 20.9 Å². The maximum absolute atomic E-state index is 12.1. The van der Waals surface area contributed by atoms with Gasteiger partial charge >= 0.3 is 5.97 Å². The predicted octanol–water partition coefficient (Wildman–Crippen LogP) is 3.14. The van der Waals surface area contributed by atoms with Crippen LogP contribution < -0.4 is 9.54 Å². The molecule has 0 radical (unpaired) electrons. The molecule has 0 N–H and O–H groups in total. The molecule has 1 aromatic heterocycles. The van der Waals surface area contributed by atoms with Crippen LogP contribution >= 0.6 is 11.3 Å². The van der Waals surface area contributed by atoms with Crippen molar-refractivity contribution in [1.29, 1.82) is 0 Å². The number of thiazole rings is 1. The summed E-state index contributed by atoms with van der Waals surface area (Å²) in [5.74, 6) is 0.154. The molecule has 0 atom stereocenters. The summed E-state index contributed by atoms with van der Waals surface area (Å²) in [6, 6.07) is 5.75. The van der Waals surface area contributed by atoms with E-state index >= 15 is 0 Å². The van der Waals surface area contributed by atoms with Crippen LogP contribution in [0.15, 0.2) is 23.2 Å². The topological polar surface area (TPSA) is 69.9 Å². The van der Waals surface area contributed by atoms with Crippen LogP contribution in [-0.4, -0.2) is 29.7 Å². The van der Waals surface area contributed by atoms with Crippen molar-refractivity contribution in [2.75, 3.05) is 13.2 Å². The maximum Gasteiger partial charge on any atom is 0.307 e. The van der Waals surface area contributed by atoms with Gasteiger partial charge in [-0.1, -0.05) is 25.2 Å². The highest BCUT2D eigenvalue weighted by atomic mass is 32.1. The zero-order valence-electron chi connectivity index (χ0n) is 15.1. The number of fused-ring (bicyclic) bond motifs is 1. The molecule has 0 aliphatic carbocycles. The molecule has 0 bridgehead atoms. The minimum absolute atomic E-state index is 0.178. The van der Waals surface area contributed by atoms with Crippen molar-refractivity contribution in [1.82, 2.24) is 4.57 Å². The van der Waals surface area contributed by atoms with Gasteiger partial charge in [0.05, 0.1) is 29.9 Å². The van der Waals surface area contributed by atoms with Gasteiger partial charge in [-0.2, -0.15) is 4.99 Å². The molecule has 0 aliphatic heterocycles. The number of nitrogens with zero attached hydrogens (tertiary/aromatic N) is 2. The van der Waals surface area contributed by atoms with Crippen LogP contribution in [0.2, 0.25) is 0 Å². The van der Waals surface area contributed by atoms with Gasteiger partial charge in [0.2, 0.25) is 0 Å². The van der Waals surface area contributed by atoms with Gasteiger partial charge in [0.15, 0.2) is 4.80 Å². The summed E-state index contributed by atoms with van der Waals surface area (Å²) in [6.45, 7) is 8.70. The van der Waals surface area contributed by atoms with E-state index in [0.29, 0.717) is 24.6 Å². The first kappa shape index (κ1) is 19.2. The fraction of sp³-hybridized carbons (Fsp3) is 0.500. The van der Waals surface area contributed by atoms with Gasteiger partial charge in [0.25, 0.3) is 5.91 Å². The average molecular weight is 364 g/mol. The molecule has 6 nitrogen and oxygen atoms in total.